The van der Waals surface area contributed by atoms with Crippen LogP contribution in [0.2, 0.25) is 0 Å². The van der Waals surface area contributed by atoms with Crippen LogP contribution in [0, 0.1) is 11.3 Å². The van der Waals surface area contributed by atoms with Gasteiger partial charge in [0.15, 0.2) is 5.96 Å². The first-order chi connectivity index (χ1) is 8.74. The third-order valence-electron chi connectivity index (χ3n) is 3.24. The van der Waals surface area contributed by atoms with Gasteiger partial charge < -0.3 is 16.0 Å². The number of hydrogen-bond donors (Lipinski definition) is 3. The lowest BCUT2D eigenvalue weighted by molar-refractivity contribution is -0.128. The van der Waals surface area contributed by atoms with Crippen LogP contribution in [0.5, 0.6) is 0 Å². The molecule has 1 amide bonds. The second-order valence-corrected chi connectivity index (χ2v) is 5.85. The van der Waals surface area contributed by atoms with Crippen LogP contribution in [-0.4, -0.2) is 38.0 Å². The molecule has 0 bridgehead atoms. The predicted molar refractivity (Wildman–Crippen MR) is 81.3 cm³/mol. The fraction of sp³-hybridized carbons (Fsp3) is 0.857. The van der Waals surface area contributed by atoms with Crippen molar-refractivity contribution in [2.75, 3.05) is 20.1 Å². The van der Waals surface area contributed by atoms with E-state index in [1.54, 1.807) is 7.05 Å². The molecule has 0 aliphatic carbocycles. The van der Waals surface area contributed by atoms with Crippen LogP contribution < -0.4 is 16.0 Å². The Morgan fingerprint density at radius 2 is 1.79 bits per heavy atom. The van der Waals surface area contributed by atoms with E-state index in [0.717, 1.165) is 5.96 Å². The highest BCUT2D eigenvalue weighted by molar-refractivity contribution is 5.84. The topological polar surface area (TPSA) is 65.5 Å². The van der Waals surface area contributed by atoms with Gasteiger partial charge in [-0.25, -0.2) is 0 Å². The van der Waals surface area contributed by atoms with E-state index < -0.39 is 5.41 Å². The van der Waals surface area contributed by atoms with E-state index in [2.05, 4.69) is 41.7 Å². The molecule has 0 aliphatic rings. The molecule has 0 rings (SSSR count). The van der Waals surface area contributed by atoms with E-state index in [4.69, 9.17) is 0 Å². The van der Waals surface area contributed by atoms with Crippen LogP contribution >= 0.6 is 0 Å². The summed E-state index contributed by atoms with van der Waals surface area (Å²) in [6, 6.07) is 0.332. The Morgan fingerprint density at radius 1 is 1.21 bits per heavy atom. The monoisotopic (exact) mass is 270 g/mol. The molecule has 0 fully saturated rings. The molecule has 0 saturated heterocycles. The number of nitrogens with zero attached hydrogens (tertiary/aromatic N) is 1. The standard InChI is InChI=1S/C14H30N4O/c1-8-16-12(19)14(5,6)9-17-13(15-7)18-11(4)10(2)3/h10-11H,8-9H2,1-7H3,(H,16,19)(H2,15,17,18). The number of carbonyl (C=O) groups is 1. The maximum atomic E-state index is 11.9. The molecule has 0 aromatic carbocycles. The molecule has 5 heteroatoms. The SMILES string of the molecule is CCNC(=O)C(C)(C)CNC(=NC)NC(C)C(C)C. The van der Waals surface area contributed by atoms with Crippen molar-refractivity contribution in [2.24, 2.45) is 16.3 Å². The minimum absolute atomic E-state index is 0.0508. The minimum atomic E-state index is -0.464. The molecule has 5 nitrogen and oxygen atoms in total. The summed E-state index contributed by atoms with van der Waals surface area (Å²) < 4.78 is 0. The molecule has 3 N–H and O–H groups in total. The molecular weight excluding hydrogens is 240 g/mol. The Hall–Kier alpha value is -1.26. The van der Waals surface area contributed by atoms with Crippen molar-refractivity contribution in [3.63, 3.8) is 0 Å². The second kappa shape index (κ2) is 8.02. The Balaban J connectivity index is 4.39. The highest BCUT2D eigenvalue weighted by atomic mass is 16.2. The summed E-state index contributed by atoms with van der Waals surface area (Å²) in [6.45, 7) is 13.4. The molecule has 112 valence electrons. The lowest BCUT2D eigenvalue weighted by Crippen LogP contribution is -2.50. The van der Waals surface area contributed by atoms with Gasteiger partial charge in [0, 0.05) is 26.2 Å². The second-order valence-electron chi connectivity index (χ2n) is 5.85. The largest absolute Gasteiger partial charge is 0.356 e. The summed E-state index contributed by atoms with van der Waals surface area (Å²) in [7, 11) is 1.74. The molecule has 1 atom stereocenters. The highest BCUT2D eigenvalue weighted by Gasteiger charge is 2.27. The lowest BCUT2D eigenvalue weighted by atomic mass is 9.92. The third kappa shape index (κ3) is 6.45. The molecule has 0 aliphatic heterocycles. The summed E-state index contributed by atoms with van der Waals surface area (Å²) in [6.07, 6.45) is 0. The summed E-state index contributed by atoms with van der Waals surface area (Å²) in [4.78, 5) is 16.1. The van der Waals surface area contributed by atoms with Gasteiger partial charge in [0.1, 0.15) is 0 Å². The molecular formula is C14H30N4O. The summed E-state index contributed by atoms with van der Waals surface area (Å²) in [5.41, 5.74) is -0.464. The van der Waals surface area contributed by atoms with Crippen LogP contribution in [0.15, 0.2) is 4.99 Å². The highest BCUT2D eigenvalue weighted by Crippen LogP contribution is 2.13. The van der Waals surface area contributed by atoms with Gasteiger partial charge in [0.2, 0.25) is 5.91 Å². The summed E-state index contributed by atoms with van der Waals surface area (Å²) >= 11 is 0. The zero-order chi connectivity index (χ0) is 15.1. The van der Waals surface area contributed by atoms with Crippen molar-refractivity contribution in [3.8, 4) is 0 Å². The molecule has 0 spiro atoms. The maximum absolute atomic E-state index is 11.9. The van der Waals surface area contributed by atoms with Crippen LogP contribution in [0.25, 0.3) is 0 Å². The van der Waals surface area contributed by atoms with Gasteiger partial charge in [0.05, 0.1) is 5.41 Å². The van der Waals surface area contributed by atoms with E-state index >= 15 is 0 Å². The molecule has 0 aromatic heterocycles. The molecule has 0 heterocycles. The van der Waals surface area contributed by atoms with Crippen LogP contribution in [-0.2, 0) is 4.79 Å². The molecule has 19 heavy (non-hydrogen) atoms. The molecule has 0 radical (unpaired) electrons. The smallest absolute Gasteiger partial charge is 0.227 e. The van der Waals surface area contributed by atoms with Gasteiger partial charge in [-0.05, 0) is 33.6 Å². The first-order valence-electron chi connectivity index (χ1n) is 7.00. The number of nitrogens with one attached hydrogen (secondary N) is 3. The van der Waals surface area contributed by atoms with Crippen molar-refractivity contribution in [1.82, 2.24) is 16.0 Å². The Morgan fingerprint density at radius 3 is 2.21 bits per heavy atom. The van der Waals surface area contributed by atoms with Gasteiger partial charge in [-0.1, -0.05) is 13.8 Å². The Kier molecular flexibility index (Phi) is 7.49. The lowest BCUT2D eigenvalue weighted by Gasteiger charge is -2.26. The van der Waals surface area contributed by atoms with Crippen LogP contribution in [0.4, 0.5) is 0 Å². The van der Waals surface area contributed by atoms with E-state index in [0.29, 0.717) is 25.0 Å². The van der Waals surface area contributed by atoms with Gasteiger partial charge in [-0.3, -0.25) is 9.79 Å². The summed E-state index contributed by atoms with van der Waals surface area (Å²) in [5.74, 6) is 1.31. The van der Waals surface area contributed by atoms with E-state index in [9.17, 15) is 4.79 Å². The number of carbonyl (C=O) groups excluding carboxylic acids is 1. The fourth-order valence-corrected chi connectivity index (χ4v) is 1.36. The Labute approximate surface area is 117 Å². The average Bonchev–Trinajstić information content (AvgIpc) is 2.34. The van der Waals surface area contributed by atoms with Gasteiger partial charge in [-0.15, -0.1) is 0 Å². The van der Waals surface area contributed by atoms with Gasteiger partial charge >= 0.3 is 0 Å². The van der Waals surface area contributed by atoms with Crippen LogP contribution in [0.1, 0.15) is 41.5 Å². The van der Waals surface area contributed by atoms with Crippen molar-refractivity contribution in [1.29, 1.82) is 0 Å². The first-order valence-corrected chi connectivity index (χ1v) is 7.00. The maximum Gasteiger partial charge on any atom is 0.227 e. The third-order valence-corrected chi connectivity index (χ3v) is 3.24. The van der Waals surface area contributed by atoms with E-state index in [1.165, 1.54) is 0 Å². The van der Waals surface area contributed by atoms with Gasteiger partial charge in [0.25, 0.3) is 0 Å². The number of rotatable bonds is 6. The average molecular weight is 270 g/mol. The van der Waals surface area contributed by atoms with Crippen molar-refractivity contribution < 1.29 is 4.79 Å². The number of hydrogen-bond acceptors (Lipinski definition) is 2. The number of guanidine groups is 1. The zero-order valence-corrected chi connectivity index (χ0v) is 13.4. The quantitative estimate of drug-likeness (QED) is 0.504. The summed E-state index contributed by atoms with van der Waals surface area (Å²) in [5, 5.41) is 9.38. The van der Waals surface area contributed by atoms with Crippen LogP contribution in [0.3, 0.4) is 0 Å². The number of amides is 1. The molecule has 0 aromatic rings. The molecule has 1 unspecified atom stereocenters. The zero-order valence-electron chi connectivity index (χ0n) is 13.4. The van der Waals surface area contributed by atoms with Gasteiger partial charge in [-0.2, -0.15) is 0 Å². The fourth-order valence-electron chi connectivity index (χ4n) is 1.36. The predicted octanol–water partition coefficient (Wildman–Crippen LogP) is 1.36. The minimum Gasteiger partial charge on any atom is -0.356 e. The van der Waals surface area contributed by atoms with Crippen molar-refractivity contribution >= 4 is 11.9 Å². The van der Waals surface area contributed by atoms with E-state index in [1.807, 2.05) is 20.8 Å². The first kappa shape index (κ1) is 17.7. The van der Waals surface area contributed by atoms with Crippen molar-refractivity contribution in [3.05, 3.63) is 0 Å². The normalized spacial score (nSPS) is 14.2. The van der Waals surface area contributed by atoms with E-state index in [-0.39, 0.29) is 5.91 Å². The Bertz CT molecular complexity index is 311. The van der Waals surface area contributed by atoms with Crippen molar-refractivity contribution in [2.45, 2.75) is 47.6 Å². The molecule has 0 saturated carbocycles. The number of aliphatic imine (C=N–C) groups is 1.